The fourth-order valence-corrected chi connectivity index (χ4v) is 5.39. The molecule has 2 fully saturated rings. The summed E-state index contributed by atoms with van der Waals surface area (Å²) in [4.78, 5) is 21.2. The topological polar surface area (TPSA) is 73.1 Å². The molecule has 10 heteroatoms. The molecule has 5 rings (SSSR count). The number of pyridine rings is 1. The van der Waals surface area contributed by atoms with Crippen LogP contribution in [0.1, 0.15) is 49.0 Å². The third-order valence-corrected chi connectivity index (χ3v) is 6.82. The standard InChI is InChI=1S/C25H26F3N5O2/c1-15(2)11-20-16-12-21(22(13-16)35-23-8-7-17(14-29-23)25(26,27)28)32(20)24(34)18-5-3-4-6-19(18)33-30-9-10-31-33/h3-10,14-16,20-22H,11-13H2,1-2H3/t16?,20?,21-,22+/m0/s1. The van der Waals surface area contributed by atoms with Crippen molar-refractivity contribution in [3.05, 3.63) is 66.1 Å². The minimum absolute atomic E-state index is 0.0616. The number of halogens is 3. The van der Waals surface area contributed by atoms with E-state index in [4.69, 9.17) is 4.74 Å². The average molecular weight is 486 g/mol. The zero-order chi connectivity index (χ0) is 24.7. The van der Waals surface area contributed by atoms with Crippen LogP contribution >= 0.6 is 0 Å². The number of aromatic nitrogens is 4. The number of carbonyl (C=O) groups is 1. The van der Waals surface area contributed by atoms with Gasteiger partial charge in [0.15, 0.2) is 0 Å². The molecular formula is C25H26F3N5O2. The number of hydrogen-bond donors (Lipinski definition) is 0. The van der Waals surface area contributed by atoms with Crippen LogP contribution < -0.4 is 4.74 Å². The van der Waals surface area contributed by atoms with Gasteiger partial charge >= 0.3 is 6.18 Å². The lowest BCUT2D eigenvalue weighted by Gasteiger charge is -2.40. The lowest BCUT2D eigenvalue weighted by molar-refractivity contribution is -0.137. The molecule has 4 atom stereocenters. The van der Waals surface area contributed by atoms with Gasteiger partial charge in [0.1, 0.15) is 6.10 Å². The van der Waals surface area contributed by atoms with Crippen LogP contribution in [0.4, 0.5) is 13.2 Å². The number of amides is 1. The van der Waals surface area contributed by atoms with Gasteiger partial charge in [-0.15, -0.1) is 0 Å². The number of likely N-dealkylation sites (tertiary alicyclic amines) is 1. The maximum absolute atomic E-state index is 14.0. The van der Waals surface area contributed by atoms with Crippen molar-refractivity contribution in [1.82, 2.24) is 24.9 Å². The Morgan fingerprint density at radius 2 is 1.86 bits per heavy atom. The first-order chi connectivity index (χ1) is 16.7. The van der Waals surface area contributed by atoms with Gasteiger partial charge in [-0.1, -0.05) is 26.0 Å². The Bertz CT molecular complexity index is 1180. The summed E-state index contributed by atoms with van der Waals surface area (Å²) in [6, 6.07) is 9.29. The zero-order valence-electron chi connectivity index (χ0n) is 19.4. The predicted molar refractivity (Wildman–Crippen MR) is 121 cm³/mol. The molecule has 1 saturated heterocycles. The van der Waals surface area contributed by atoms with Gasteiger partial charge < -0.3 is 9.64 Å². The molecule has 1 aliphatic carbocycles. The van der Waals surface area contributed by atoms with Crippen LogP contribution in [0.3, 0.4) is 0 Å². The normalized spacial score (nSPS) is 23.8. The van der Waals surface area contributed by atoms with Crippen LogP contribution in [0.5, 0.6) is 5.88 Å². The monoisotopic (exact) mass is 485 g/mol. The van der Waals surface area contributed by atoms with Crippen molar-refractivity contribution < 1.29 is 22.7 Å². The number of rotatable bonds is 6. The number of ether oxygens (including phenoxy) is 1. The molecule has 1 aromatic carbocycles. The van der Waals surface area contributed by atoms with Gasteiger partial charge in [-0.25, -0.2) is 4.98 Å². The molecule has 0 radical (unpaired) electrons. The molecule has 0 N–H and O–H groups in total. The Balaban J connectivity index is 1.42. The smallest absolute Gasteiger partial charge is 0.417 e. The maximum Gasteiger partial charge on any atom is 0.417 e. The number of fused-ring (bicyclic) bond motifs is 2. The van der Waals surface area contributed by atoms with Gasteiger partial charge in [0.25, 0.3) is 5.91 Å². The van der Waals surface area contributed by atoms with Crippen LogP contribution in [-0.2, 0) is 6.18 Å². The molecule has 1 aliphatic heterocycles. The Morgan fingerprint density at radius 3 is 2.51 bits per heavy atom. The summed E-state index contributed by atoms with van der Waals surface area (Å²) in [5.74, 6) is 0.656. The highest BCUT2D eigenvalue weighted by Gasteiger charge is 2.54. The number of piperidine rings is 1. The quantitative estimate of drug-likeness (QED) is 0.503. The summed E-state index contributed by atoms with van der Waals surface area (Å²) in [6.45, 7) is 4.27. The first-order valence-electron chi connectivity index (χ1n) is 11.7. The molecule has 35 heavy (non-hydrogen) atoms. The molecular weight excluding hydrogens is 459 g/mol. The van der Waals surface area contributed by atoms with Crippen LogP contribution in [0, 0.1) is 11.8 Å². The molecule has 1 amide bonds. The average Bonchev–Trinajstić information content (AvgIpc) is 3.55. The van der Waals surface area contributed by atoms with E-state index < -0.39 is 11.7 Å². The highest BCUT2D eigenvalue weighted by Crippen LogP contribution is 2.47. The van der Waals surface area contributed by atoms with Crippen LogP contribution in [0.2, 0.25) is 0 Å². The zero-order valence-corrected chi connectivity index (χ0v) is 19.4. The summed E-state index contributed by atoms with van der Waals surface area (Å²) in [5.41, 5.74) is 0.266. The van der Waals surface area contributed by atoms with E-state index in [0.29, 0.717) is 17.2 Å². The molecule has 2 aromatic heterocycles. The number of carbonyl (C=O) groups excluding carboxylic acids is 1. The fourth-order valence-electron chi connectivity index (χ4n) is 5.39. The summed E-state index contributed by atoms with van der Waals surface area (Å²) >= 11 is 0. The molecule has 3 aromatic rings. The summed E-state index contributed by atoms with van der Waals surface area (Å²) in [7, 11) is 0. The van der Waals surface area contributed by atoms with E-state index in [9.17, 15) is 18.0 Å². The van der Waals surface area contributed by atoms with Gasteiger partial charge in [-0.05, 0) is 49.3 Å². The number of alkyl halides is 3. The van der Waals surface area contributed by atoms with Crippen molar-refractivity contribution in [1.29, 1.82) is 0 Å². The maximum atomic E-state index is 14.0. The lowest BCUT2D eigenvalue weighted by atomic mass is 9.90. The first-order valence-corrected chi connectivity index (χ1v) is 11.7. The largest absolute Gasteiger partial charge is 0.472 e. The Kier molecular flexibility index (Phi) is 5.98. The number of para-hydroxylation sites is 1. The van der Waals surface area contributed by atoms with E-state index in [2.05, 4.69) is 29.0 Å². The second-order valence-electron chi connectivity index (χ2n) is 9.58. The third kappa shape index (κ3) is 4.49. The van der Waals surface area contributed by atoms with Crippen molar-refractivity contribution in [3.63, 3.8) is 0 Å². The molecule has 2 bridgehead atoms. The Labute approximate surface area is 200 Å². The molecule has 2 aliphatic rings. The van der Waals surface area contributed by atoms with Gasteiger partial charge in [0.2, 0.25) is 5.88 Å². The van der Waals surface area contributed by atoms with Crippen molar-refractivity contribution in [2.45, 2.75) is 57.5 Å². The predicted octanol–water partition coefficient (Wildman–Crippen LogP) is 4.78. The Morgan fingerprint density at radius 1 is 1.11 bits per heavy atom. The van der Waals surface area contributed by atoms with E-state index in [-0.39, 0.29) is 35.9 Å². The van der Waals surface area contributed by atoms with E-state index in [1.165, 1.54) is 10.9 Å². The molecule has 184 valence electrons. The van der Waals surface area contributed by atoms with Crippen LogP contribution in [0.15, 0.2) is 55.0 Å². The van der Waals surface area contributed by atoms with Crippen LogP contribution in [-0.4, -0.2) is 49.0 Å². The summed E-state index contributed by atoms with van der Waals surface area (Å²) < 4.78 is 44.7. The number of benzene rings is 1. The minimum atomic E-state index is -4.46. The van der Waals surface area contributed by atoms with E-state index in [0.717, 1.165) is 31.5 Å². The van der Waals surface area contributed by atoms with Gasteiger partial charge in [0.05, 0.1) is 35.2 Å². The fraction of sp³-hybridized carbons (Fsp3) is 0.440. The third-order valence-electron chi connectivity index (χ3n) is 6.82. The molecule has 7 nitrogen and oxygen atoms in total. The molecule has 2 unspecified atom stereocenters. The highest BCUT2D eigenvalue weighted by molar-refractivity contribution is 5.98. The first kappa shape index (κ1) is 23.3. The van der Waals surface area contributed by atoms with E-state index in [1.54, 1.807) is 24.5 Å². The highest BCUT2D eigenvalue weighted by atomic mass is 19.4. The summed E-state index contributed by atoms with van der Waals surface area (Å²) in [6.07, 6.45) is 1.48. The molecule has 3 heterocycles. The van der Waals surface area contributed by atoms with Crippen molar-refractivity contribution in [3.8, 4) is 11.6 Å². The molecule has 0 spiro atoms. The second-order valence-corrected chi connectivity index (χ2v) is 9.58. The Hall–Kier alpha value is -3.43. The van der Waals surface area contributed by atoms with Gasteiger partial charge in [-0.3, -0.25) is 4.79 Å². The van der Waals surface area contributed by atoms with Gasteiger partial charge in [0, 0.05) is 18.3 Å². The number of nitrogens with zero attached hydrogens (tertiary/aromatic N) is 5. The van der Waals surface area contributed by atoms with Crippen LogP contribution in [0.25, 0.3) is 5.69 Å². The van der Waals surface area contributed by atoms with E-state index >= 15 is 0 Å². The summed E-state index contributed by atoms with van der Waals surface area (Å²) in [5, 5.41) is 8.38. The lowest BCUT2D eigenvalue weighted by Crippen LogP contribution is -2.52. The van der Waals surface area contributed by atoms with Crippen molar-refractivity contribution in [2.24, 2.45) is 11.8 Å². The SMILES string of the molecule is CC(C)CC1C2C[C@@H](Oc3ccc(C(F)(F)F)cn3)[C@H](C2)N1C(=O)c1ccccc1-n1nccn1. The minimum Gasteiger partial charge on any atom is -0.472 e. The number of hydrogen-bond acceptors (Lipinski definition) is 5. The van der Waals surface area contributed by atoms with Crippen molar-refractivity contribution in [2.75, 3.05) is 0 Å². The molecule has 1 saturated carbocycles. The second kappa shape index (κ2) is 8.98. The van der Waals surface area contributed by atoms with Crippen molar-refractivity contribution >= 4 is 5.91 Å². The van der Waals surface area contributed by atoms with Gasteiger partial charge in [-0.2, -0.15) is 28.2 Å². The van der Waals surface area contributed by atoms with E-state index in [1.807, 2.05) is 17.0 Å².